The Labute approximate surface area is 280 Å². The van der Waals surface area contributed by atoms with Crippen molar-refractivity contribution in [2.24, 2.45) is 17.3 Å². The Morgan fingerprint density at radius 3 is 1.88 bits per heavy atom. The van der Waals surface area contributed by atoms with Crippen LogP contribution in [-0.4, -0.2) is 40.8 Å². The van der Waals surface area contributed by atoms with Crippen molar-refractivity contribution in [1.29, 1.82) is 0 Å². The Kier molecular flexibility index (Phi) is 10.6. The van der Waals surface area contributed by atoms with Gasteiger partial charge in [-0.2, -0.15) is 0 Å². The minimum atomic E-state index is -1.16. The van der Waals surface area contributed by atoms with Crippen LogP contribution in [0.2, 0.25) is 0 Å². The van der Waals surface area contributed by atoms with Gasteiger partial charge in [-0.15, -0.1) is 0 Å². The Morgan fingerprint density at radius 1 is 0.792 bits per heavy atom. The lowest BCUT2D eigenvalue weighted by Crippen LogP contribution is -2.36. The zero-order chi connectivity index (χ0) is 34.3. The van der Waals surface area contributed by atoms with Crippen molar-refractivity contribution in [1.82, 2.24) is 15.3 Å². The summed E-state index contributed by atoms with van der Waals surface area (Å²) in [5.74, 6) is -2.47. The molecule has 1 unspecified atom stereocenters. The molecule has 0 saturated carbocycles. The quantitative estimate of drug-likeness (QED) is 0.115. The molecule has 1 aliphatic carbocycles. The van der Waals surface area contributed by atoms with Crippen LogP contribution in [0.4, 0.5) is 11.4 Å². The molecule has 3 N–H and O–H groups in total. The van der Waals surface area contributed by atoms with Crippen molar-refractivity contribution in [3.8, 4) is 0 Å². The molecule has 3 amide bonds. The zero-order valence-corrected chi connectivity index (χ0v) is 27.7. The second-order valence-corrected chi connectivity index (χ2v) is 13.1. The number of anilines is 2. The third-order valence-electron chi connectivity index (χ3n) is 8.44. The van der Waals surface area contributed by atoms with E-state index < -0.39 is 17.7 Å². The number of pyridine rings is 2. The number of carbonyl (C=O) groups excluding carboxylic acids is 4. The Bertz CT molecular complexity index is 1810. The highest BCUT2D eigenvalue weighted by atomic mass is 16.5. The molecule has 4 aromatic rings. The van der Waals surface area contributed by atoms with Gasteiger partial charge in [0.25, 0.3) is 0 Å². The summed E-state index contributed by atoms with van der Waals surface area (Å²) in [6, 6.07) is 18.5. The van der Waals surface area contributed by atoms with E-state index in [-0.39, 0.29) is 29.6 Å². The summed E-state index contributed by atoms with van der Waals surface area (Å²) in [5, 5.41) is 10.6. The van der Waals surface area contributed by atoms with Crippen molar-refractivity contribution in [2.75, 3.05) is 17.7 Å². The molecule has 10 heteroatoms. The van der Waals surface area contributed by atoms with Crippen LogP contribution >= 0.6 is 0 Å². The number of para-hydroxylation sites is 2. The summed E-state index contributed by atoms with van der Waals surface area (Å²) >= 11 is 0. The number of benzene rings is 2. The number of allylic oxidation sites excluding steroid dienone is 3. The predicted octanol–water partition coefficient (Wildman–Crippen LogP) is 6.70. The third kappa shape index (κ3) is 8.50. The number of ether oxygens (including phenoxy) is 1. The Balaban J connectivity index is 1.35. The predicted molar refractivity (Wildman–Crippen MR) is 187 cm³/mol. The number of nitrogens with one attached hydrogen (secondary N) is 3. The highest BCUT2D eigenvalue weighted by molar-refractivity contribution is 6.15. The van der Waals surface area contributed by atoms with Gasteiger partial charge in [0, 0.05) is 41.7 Å². The Hall–Kier alpha value is -5.38. The maximum atomic E-state index is 14.0. The van der Waals surface area contributed by atoms with E-state index >= 15 is 0 Å². The molecule has 248 valence electrons. The van der Waals surface area contributed by atoms with Gasteiger partial charge in [-0.1, -0.05) is 63.2 Å². The van der Waals surface area contributed by atoms with Gasteiger partial charge >= 0.3 is 5.97 Å². The molecule has 1 aliphatic rings. The van der Waals surface area contributed by atoms with Crippen LogP contribution in [0, 0.1) is 17.3 Å². The van der Waals surface area contributed by atoms with E-state index in [1.807, 2.05) is 69.3 Å². The fourth-order valence-corrected chi connectivity index (χ4v) is 6.39. The molecule has 0 spiro atoms. The molecule has 2 aromatic heterocycles. The second-order valence-electron chi connectivity index (χ2n) is 13.1. The molecular weight excluding hydrogens is 606 g/mol. The smallest absolute Gasteiger partial charge is 0.305 e. The summed E-state index contributed by atoms with van der Waals surface area (Å²) in [7, 11) is 1.37. The number of aromatic nitrogens is 2. The van der Waals surface area contributed by atoms with Gasteiger partial charge in [0.05, 0.1) is 29.5 Å². The van der Waals surface area contributed by atoms with Gasteiger partial charge < -0.3 is 20.7 Å². The molecule has 0 saturated heterocycles. The Morgan fingerprint density at radius 2 is 1.35 bits per heavy atom. The summed E-state index contributed by atoms with van der Waals surface area (Å²) in [5.41, 5.74) is 3.24. The second kappa shape index (κ2) is 15.0. The molecule has 5 rings (SSSR count). The number of amides is 3. The normalized spacial score (nSPS) is 13.8. The molecular formula is C38H41N5O5. The van der Waals surface area contributed by atoms with Crippen LogP contribution in [0.25, 0.3) is 21.8 Å². The van der Waals surface area contributed by atoms with Gasteiger partial charge in [-0.25, -0.2) is 0 Å². The number of esters is 1. The first-order chi connectivity index (χ1) is 23.0. The molecule has 0 bridgehead atoms. The topological polar surface area (TPSA) is 139 Å². The summed E-state index contributed by atoms with van der Waals surface area (Å²) in [6.45, 7) is 5.99. The van der Waals surface area contributed by atoms with Crippen LogP contribution in [0.15, 0.2) is 96.5 Å². The highest BCUT2D eigenvalue weighted by Crippen LogP contribution is 2.32. The van der Waals surface area contributed by atoms with E-state index in [0.717, 1.165) is 10.8 Å². The number of rotatable bonds is 12. The van der Waals surface area contributed by atoms with Crippen LogP contribution in [0.3, 0.4) is 0 Å². The van der Waals surface area contributed by atoms with E-state index in [2.05, 4.69) is 25.9 Å². The third-order valence-corrected chi connectivity index (χ3v) is 8.44. The minimum Gasteiger partial charge on any atom is -0.469 e. The van der Waals surface area contributed by atoms with Gasteiger partial charge in [-0.05, 0) is 66.5 Å². The molecule has 0 aliphatic heterocycles. The largest absolute Gasteiger partial charge is 0.469 e. The fourth-order valence-electron chi connectivity index (χ4n) is 6.39. The fraction of sp³-hybridized carbons (Fsp3) is 0.316. The highest BCUT2D eigenvalue weighted by Gasteiger charge is 2.33. The molecule has 10 nitrogen and oxygen atoms in total. The first-order valence-electron chi connectivity index (χ1n) is 16.1. The molecule has 2 aromatic carbocycles. The standard InChI is InChI=1S/C38H41N5O5/c1-24(21-32(45)48-4)22-38(2,3)23-31(44)41-28-17-15-25(16-18-28)33(36(46)42-29-13-5-9-26-11-7-19-39-34(26)29)37(47)43-30-14-6-10-27-12-8-20-40-35(27)30/h5-15,17,19-20,24,33H,16,18,21-23H2,1-4H3,(H,41,44)(H,42,46)(H,43,47). The molecule has 0 fully saturated rings. The first-order valence-corrected chi connectivity index (χ1v) is 16.1. The summed E-state index contributed by atoms with van der Waals surface area (Å²) in [4.78, 5) is 61.5. The number of methoxy groups -OCH3 is 1. The summed E-state index contributed by atoms with van der Waals surface area (Å²) in [6.07, 6.45) is 8.91. The summed E-state index contributed by atoms with van der Waals surface area (Å²) < 4.78 is 4.78. The molecule has 2 heterocycles. The minimum absolute atomic E-state index is 0.0724. The lowest BCUT2D eigenvalue weighted by Gasteiger charge is -2.28. The maximum Gasteiger partial charge on any atom is 0.305 e. The van der Waals surface area contributed by atoms with Gasteiger partial charge in [-0.3, -0.25) is 29.1 Å². The van der Waals surface area contributed by atoms with Crippen LogP contribution in [0.1, 0.15) is 52.9 Å². The van der Waals surface area contributed by atoms with Crippen molar-refractivity contribution in [3.63, 3.8) is 0 Å². The van der Waals surface area contributed by atoms with Crippen molar-refractivity contribution >= 4 is 56.9 Å². The number of fused-ring (bicyclic) bond motifs is 2. The first kappa shape index (κ1) is 34.0. The monoisotopic (exact) mass is 647 g/mol. The number of hydrogen-bond donors (Lipinski definition) is 3. The van der Waals surface area contributed by atoms with E-state index in [9.17, 15) is 19.2 Å². The van der Waals surface area contributed by atoms with Crippen molar-refractivity contribution in [2.45, 2.75) is 52.9 Å². The maximum absolute atomic E-state index is 14.0. The SMILES string of the molecule is COC(=O)CC(C)CC(C)(C)CC(=O)NC1=CC=C(C(C(=O)Nc2cccc3cccnc23)C(=O)Nc2cccc3cccnc23)CC1. The zero-order valence-electron chi connectivity index (χ0n) is 27.7. The van der Waals surface area contributed by atoms with Gasteiger partial charge in [0.15, 0.2) is 0 Å². The van der Waals surface area contributed by atoms with E-state index in [1.54, 1.807) is 36.7 Å². The van der Waals surface area contributed by atoms with Gasteiger partial charge in [0.2, 0.25) is 17.7 Å². The van der Waals surface area contributed by atoms with Gasteiger partial charge in [0.1, 0.15) is 5.92 Å². The number of nitrogens with zero attached hydrogens (tertiary/aromatic N) is 2. The molecule has 48 heavy (non-hydrogen) atoms. The van der Waals surface area contributed by atoms with E-state index in [4.69, 9.17) is 4.74 Å². The van der Waals surface area contributed by atoms with Crippen LogP contribution in [0.5, 0.6) is 0 Å². The van der Waals surface area contributed by atoms with E-state index in [0.29, 0.717) is 59.4 Å². The lowest BCUT2D eigenvalue weighted by molar-refractivity contribution is -0.141. The van der Waals surface area contributed by atoms with Crippen molar-refractivity contribution < 1.29 is 23.9 Å². The molecule has 0 radical (unpaired) electrons. The van der Waals surface area contributed by atoms with Crippen LogP contribution in [-0.2, 0) is 23.9 Å². The number of hydrogen-bond acceptors (Lipinski definition) is 7. The number of carbonyl (C=O) groups is 4. The lowest BCUT2D eigenvalue weighted by atomic mass is 9.79. The van der Waals surface area contributed by atoms with Crippen molar-refractivity contribution in [3.05, 3.63) is 96.5 Å². The van der Waals surface area contributed by atoms with Crippen LogP contribution < -0.4 is 16.0 Å². The van der Waals surface area contributed by atoms with E-state index in [1.165, 1.54) is 7.11 Å². The average Bonchev–Trinajstić information content (AvgIpc) is 3.05. The molecule has 1 atom stereocenters. The average molecular weight is 648 g/mol.